The zero-order valence-corrected chi connectivity index (χ0v) is 10.9. The highest BCUT2D eigenvalue weighted by Crippen LogP contribution is 2.11. The predicted octanol–water partition coefficient (Wildman–Crippen LogP) is 2.32. The number of ether oxygens (including phenoxy) is 2. The van der Waals surface area contributed by atoms with Gasteiger partial charge in [0.2, 0.25) is 6.10 Å². The third kappa shape index (κ3) is 4.57. The molecule has 0 spiro atoms. The molecule has 0 unspecified atom stereocenters. The lowest BCUT2D eigenvalue weighted by molar-refractivity contribution is -0.170. The Kier molecular flexibility index (Phi) is 5.36. The number of carbonyl (C=O) groups is 2. The number of hydrogen-bond acceptors (Lipinski definition) is 4. The minimum atomic E-state index is -0.841. The molecule has 0 saturated carbocycles. The van der Waals surface area contributed by atoms with Gasteiger partial charge in [0.1, 0.15) is 6.61 Å². The van der Waals surface area contributed by atoms with Crippen LogP contribution in [0.25, 0.3) is 0 Å². The number of hydrogen-bond donors (Lipinski definition) is 0. The van der Waals surface area contributed by atoms with Gasteiger partial charge < -0.3 is 9.47 Å². The molecule has 0 aromatic heterocycles. The molecule has 0 fully saturated rings. The summed E-state index contributed by atoms with van der Waals surface area (Å²) >= 11 is 0. The summed E-state index contributed by atoms with van der Waals surface area (Å²) in [5, 5.41) is 0. The number of rotatable bonds is 5. The second-order valence-electron chi connectivity index (χ2n) is 4.37. The highest BCUT2D eigenvalue weighted by molar-refractivity contribution is 5.78. The monoisotopic (exact) mass is 250 g/mol. The van der Waals surface area contributed by atoms with E-state index in [-0.39, 0.29) is 12.5 Å². The van der Waals surface area contributed by atoms with E-state index < -0.39 is 18.0 Å². The molecule has 0 saturated heterocycles. The number of carbonyl (C=O) groups excluding carboxylic acids is 2. The van der Waals surface area contributed by atoms with Gasteiger partial charge in [0.25, 0.3) is 0 Å². The van der Waals surface area contributed by atoms with Gasteiger partial charge >= 0.3 is 11.9 Å². The van der Waals surface area contributed by atoms with Crippen LogP contribution in [-0.4, -0.2) is 18.0 Å². The molecule has 0 bridgehead atoms. The smallest absolute Gasteiger partial charge is 0.348 e. The van der Waals surface area contributed by atoms with Crippen LogP contribution in [-0.2, 0) is 25.7 Å². The molecule has 0 N–H and O–H groups in total. The molecular weight excluding hydrogens is 232 g/mol. The minimum Gasteiger partial charge on any atom is -0.458 e. The van der Waals surface area contributed by atoms with Gasteiger partial charge in [-0.2, -0.15) is 0 Å². The molecule has 1 aromatic carbocycles. The molecule has 1 aromatic rings. The van der Waals surface area contributed by atoms with Crippen molar-refractivity contribution in [2.45, 2.75) is 33.5 Å². The highest BCUT2D eigenvalue weighted by atomic mass is 16.6. The van der Waals surface area contributed by atoms with Crippen molar-refractivity contribution in [2.75, 3.05) is 0 Å². The van der Waals surface area contributed by atoms with Gasteiger partial charge in [-0.05, 0) is 5.56 Å². The van der Waals surface area contributed by atoms with Crippen LogP contribution in [0.1, 0.15) is 26.3 Å². The standard InChI is InChI=1S/C14H18O4/c1-10(2)13(18-11(3)15)14(16)17-9-12-7-5-4-6-8-12/h4-8,10,13H,9H2,1-3H3/t13-/m0/s1. The molecule has 98 valence electrons. The van der Waals surface area contributed by atoms with Crippen LogP contribution in [0.15, 0.2) is 30.3 Å². The van der Waals surface area contributed by atoms with Gasteiger partial charge in [-0.3, -0.25) is 4.79 Å². The summed E-state index contributed by atoms with van der Waals surface area (Å²) in [5.74, 6) is -1.11. The molecule has 0 aliphatic heterocycles. The maximum Gasteiger partial charge on any atom is 0.348 e. The third-order valence-corrected chi connectivity index (χ3v) is 2.35. The van der Waals surface area contributed by atoms with Crippen molar-refractivity contribution < 1.29 is 19.1 Å². The van der Waals surface area contributed by atoms with Crippen LogP contribution in [0.3, 0.4) is 0 Å². The predicted molar refractivity (Wildman–Crippen MR) is 66.6 cm³/mol. The molecule has 4 heteroatoms. The van der Waals surface area contributed by atoms with E-state index in [1.807, 2.05) is 30.3 Å². The van der Waals surface area contributed by atoms with E-state index >= 15 is 0 Å². The Morgan fingerprint density at radius 1 is 1.17 bits per heavy atom. The molecule has 0 heterocycles. The molecule has 18 heavy (non-hydrogen) atoms. The second kappa shape index (κ2) is 6.79. The Morgan fingerprint density at radius 3 is 2.28 bits per heavy atom. The van der Waals surface area contributed by atoms with E-state index in [1.165, 1.54) is 6.92 Å². The topological polar surface area (TPSA) is 52.6 Å². The van der Waals surface area contributed by atoms with Gasteiger partial charge in [0, 0.05) is 12.8 Å². The van der Waals surface area contributed by atoms with E-state index in [9.17, 15) is 9.59 Å². The third-order valence-electron chi connectivity index (χ3n) is 2.35. The fourth-order valence-corrected chi connectivity index (χ4v) is 1.45. The fraction of sp³-hybridized carbons (Fsp3) is 0.429. The van der Waals surface area contributed by atoms with E-state index in [4.69, 9.17) is 9.47 Å². The summed E-state index contributed by atoms with van der Waals surface area (Å²) in [6.07, 6.45) is -0.841. The molecule has 0 amide bonds. The van der Waals surface area contributed by atoms with Crippen molar-refractivity contribution in [3.8, 4) is 0 Å². The summed E-state index contributed by atoms with van der Waals surface area (Å²) in [5.41, 5.74) is 0.899. The quantitative estimate of drug-likeness (QED) is 0.752. The summed E-state index contributed by atoms with van der Waals surface area (Å²) < 4.78 is 10.1. The molecule has 0 aliphatic carbocycles. The lowest BCUT2D eigenvalue weighted by atomic mass is 10.1. The molecule has 1 rings (SSSR count). The Bertz CT molecular complexity index is 398. The van der Waals surface area contributed by atoms with Crippen LogP contribution < -0.4 is 0 Å². The lowest BCUT2D eigenvalue weighted by Crippen LogP contribution is -2.33. The Morgan fingerprint density at radius 2 is 1.78 bits per heavy atom. The SMILES string of the molecule is CC(=O)O[C@H](C(=O)OCc1ccccc1)C(C)C. The summed E-state index contributed by atoms with van der Waals surface area (Å²) in [7, 11) is 0. The Balaban J connectivity index is 2.54. The van der Waals surface area contributed by atoms with Crippen molar-refractivity contribution in [1.82, 2.24) is 0 Å². The number of benzene rings is 1. The van der Waals surface area contributed by atoms with E-state index in [0.717, 1.165) is 5.56 Å². The minimum absolute atomic E-state index is 0.114. The maximum absolute atomic E-state index is 11.8. The second-order valence-corrected chi connectivity index (χ2v) is 4.37. The van der Waals surface area contributed by atoms with Gasteiger partial charge in [-0.25, -0.2) is 4.79 Å². The zero-order valence-electron chi connectivity index (χ0n) is 10.9. The zero-order chi connectivity index (χ0) is 13.5. The van der Waals surface area contributed by atoms with E-state index in [0.29, 0.717) is 0 Å². The van der Waals surface area contributed by atoms with Gasteiger partial charge in [0.15, 0.2) is 0 Å². The summed E-state index contributed by atoms with van der Waals surface area (Å²) in [6.45, 7) is 5.07. The fourth-order valence-electron chi connectivity index (χ4n) is 1.45. The molecular formula is C14H18O4. The first-order chi connectivity index (χ1) is 8.50. The van der Waals surface area contributed by atoms with Crippen LogP contribution in [0.2, 0.25) is 0 Å². The van der Waals surface area contributed by atoms with E-state index in [2.05, 4.69) is 0 Å². The largest absolute Gasteiger partial charge is 0.458 e. The van der Waals surface area contributed by atoms with Crippen LogP contribution in [0.5, 0.6) is 0 Å². The van der Waals surface area contributed by atoms with Crippen molar-refractivity contribution >= 4 is 11.9 Å². The maximum atomic E-state index is 11.8. The first-order valence-electron chi connectivity index (χ1n) is 5.88. The van der Waals surface area contributed by atoms with Gasteiger partial charge in [-0.1, -0.05) is 44.2 Å². The first kappa shape index (κ1) is 14.2. The highest BCUT2D eigenvalue weighted by Gasteiger charge is 2.26. The first-order valence-corrected chi connectivity index (χ1v) is 5.88. The van der Waals surface area contributed by atoms with Gasteiger partial charge in [0.05, 0.1) is 0 Å². The molecule has 0 aliphatic rings. The number of esters is 2. The van der Waals surface area contributed by atoms with Crippen molar-refractivity contribution in [1.29, 1.82) is 0 Å². The Labute approximate surface area is 107 Å². The molecule has 1 atom stereocenters. The molecule has 4 nitrogen and oxygen atoms in total. The van der Waals surface area contributed by atoms with Crippen molar-refractivity contribution in [2.24, 2.45) is 5.92 Å². The van der Waals surface area contributed by atoms with E-state index in [1.54, 1.807) is 13.8 Å². The normalized spacial score (nSPS) is 12.0. The van der Waals surface area contributed by atoms with Gasteiger partial charge in [-0.15, -0.1) is 0 Å². The van der Waals surface area contributed by atoms with Crippen LogP contribution in [0.4, 0.5) is 0 Å². The average molecular weight is 250 g/mol. The van der Waals surface area contributed by atoms with Crippen molar-refractivity contribution in [3.63, 3.8) is 0 Å². The Hall–Kier alpha value is -1.84. The lowest BCUT2D eigenvalue weighted by Gasteiger charge is -2.19. The van der Waals surface area contributed by atoms with Crippen molar-refractivity contribution in [3.05, 3.63) is 35.9 Å². The summed E-state index contributed by atoms with van der Waals surface area (Å²) in [6, 6.07) is 9.36. The summed E-state index contributed by atoms with van der Waals surface area (Å²) in [4.78, 5) is 22.7. The van der Waals surface area contributed by atoms with Crippen LogP contribution >= 0.6 is 0 Å². The average Bonchev–Trinajstić information content (AvgIpc) is 2.34. The van der Waals surface area contributed by atoms with Crippen LogP contribution in [0, 0.1) is 5.92 Å². The molecule has 0 radical (unpaired) electrons.